The third-order valence-corrected chi connectivity index (χ3v) is 4.65. The Morgan fingerprint density at radius 2 is 2.00 bits per heavy atom. The van der Waals surface area contributed by atoms with Crippen molar-refractivity contribution in [2.45, 2.75) is 11.5 Å². The Balaban J connectivity index is 2.10. The fourth-order valence-corrected chi connectivity index (χ4v) is 3.48. The molecule has 2 aromatic carbocycles. The molecule has 0 aliphatic carbocycles. The van der Waals surface area contributed by atoms with Crippen LogP contribution in [0.4, 0.5) is 0 Å². The average Bonchev–Trinajstić information content (AvgIpc) is 2.49. The highest BCUT2D eigenvalue weighted by Gasteiger charge is 2.09. The Bertz CT molecular complexity index is 710. The molecule has 1 atom stereocenters. The van der Waals surface area contributed by atoms with Crippen LogP contribution in [0, 0.1) is 11.3 Å². The highest BCUT2D eigenvalue weighted by molar-refractivity contribution is 7.83. The fraction of sp³-hybridized carbons (Fsp3) is 0.188. The molecule has 1 unspecified atom stereocenters. The first-order chi connectivity index (χ1) is 10.1. The lowest BCUT2D eigenvalue weighted by Gasteiger charge is -2.07. The molecular weight excluding hydrogens is 306 g/mol. The van der Waals surface area contributed by atoms with Crippen LogP contribution in [0.3, 0.4) is 0 Å². The number of rotatable bonds is 5. The van der Waals surface area contributed by atoms with Crippen molar-refractivity contribution < 1.29 is 8.95 Å². The number of ether oxygens (including phenoxy) is 1. The summed E-state index contributed by atoms with van der Waals surface area (Å²) in [5.41, 5.74) is 2.22. The van der Waals surface area contributed by atoms with Crippen molar-refractivity contribution in [1.82, 2.24) is 0 Å². The van der Waals surface area contributed by atoms with Crippen LogP contribution in [0.1, 0.15) is 16.7 Å². The summed E-state index contributed by atoms with van der Waals surface area (Å²) in [6, 6.07) is 14.7. The predicted molar refractivity (Wildman–Crippen MR) is 84.7 cm³/mol. The molecule has 0 bridgehead atoms. The molecule has 0 radical (unpaired) electrons. The van der Waals surface area contributed by atoms with Gasteiger partial charge in [0.2, 0.25) is 0 Å². The Labute approximate surface area is 131 Å². The molecule has 0 fully saturated rings. The summed E-state index contributed by atoms with van der Waals surface area (Å²) in [6.45, 7) is 0. The maximum Gasteiger partial charge on any atom is 0.136 e. The van der Waals surface area contributed by atoms with Crippen molar-refractivity contribution >= 4 is 22.4 Å². The summed E-state index contributed by atoms with van der Waals surface area (Å²) in [5.74, 6) is 1.31. The Morgan fingerprint density at radius 3 is 2.67 bits per heavy atom. The third-order valence-electron chi connectivity index (χ3n) is 2.99. The first-order valence-corrected chi connectivity index (χ1v) is 8.16. The highest BCUT2D eigenvalue weighted by Crippen LogP contribution is 2.22. The molecule has 0 saturated carbocycles. The molecule has 108 valence electrons. The van der Waals surface area contributed by atoms with Crippen molar-refractivity contribution in [3.8, 4) is 11.8 Å². The summed E-state index contributed by atoms with van der Waals surface area (Å²) in [4.78, 5) is 0. The van der Waals surface area contributed by atoms with Crippen molar-refractivity contribution in [3.05, 3.63) is 64.2 Å². The number of benzene rings is 2. The minimum absolute atomic E-state index is 0.396. The summed E-state index contributed by atoms with van der Waals surface area (Å²) in [5, 5.41) is 9.57. The van der Waals surface area contributed by atoms with Crippen molar-refractivity contribution in [2.75, 3.05) is 7.11 Å². The average molecular weight is 320 g/mol. The first-order valence-electron chi connectivity index (χ1n) is 6.29. The fourth-order valence-electron chi connectivity index (χ4n) is 1.94. The molecule has 3 nitrogen and oxygen atoms in total. The van der Waals surface area contributed by atoms with Gasteiger partial charge >= 0.3 is 0 Å². The molecule has 2 aromatic rings. The lowest BCUT2D eigenvalue weighted by Crippen LogP contribution is -2.01. The van der Waals surface area contributed by atoms with Gasteiger partial charge in [0.05, 0.1) is 18.4 Å². The lowest BCUT2D eigenvalue weighted by molar-refractivity contribution is 0.413. The summed E-state index contributed by atoms with van der Waals surface area (Å²) in [7, 11) is 0.441. The Morgan fingerprint density at radius 1 is 1.24 bits per heavy atom. The number of nitriles is 1. The van der Waals surface area contributed by atoms with Gasteiger partial charge in [-0.1, -0.05) is 35.9 Å². The van der Waals surface area contributed by atoms with Crippen molar-refractivity contribution in [3.63, 3.8) is 0 Å². The topological polar surface area (TPSA) is 50.1 Å². The molecule has 21 heavy (non-hydrogen) atoms. The van der Waals surface area contributed by atoms with Gasteiger partial charge in [-0.15, -0.1) is 0 Å². The molecule has 0 spiro atoms. The summed E-state index contributed by atoms with van der Waals surface area (Å²) in [6.07, 6.45) is 0. The molecule has 0 aliphatic heterocycles. The van der Waals surface area contributed by atoms with E-state index in [2.05, 4.69) is 6.07 Å². The van der Waals surface area contributed by atoms with E-state index in [4.69, 9.17) is 21.6 Å². The van der Waals surface area contributed by atoms with Gasteiger partial charge in [0.1, 0.15) is 11.8 Å². The van der Waals surface area contributed by atoms with E-state index in [0.29, 0.717) is 27.8 Å². The SMILES string of the molecule is COc1cc(CS(=O)Cc2ccccc2Cl)ccc1C#N. The maximum atomic E-state index is 12.2. The van der Waals surface area contributed by atoms with E-state index in [1.54, 1.807) is 24.3 Å². The summed E-state index contributed by atoms with van der Waals surface area (Å²) < 4.78 is 17.4. The maximum absolute atomic E-state index is 12.2. The first kappa shape index (κ1) is 15.6. The number of methoxy groups -OCH3 is 1. The van der Waals surface area contributed by atoms with Crippen molar-refractivity contribution in [2.24, 2.45) is 0 Å². The van der Waals surface area contributed by atoms with Crippen molar-refractivity contribution in [1.29, 1.82) is 5.26 Å². The summed E-state index contributed by atoms with van der Waals surface area (Å²) >= 11 is 6.07. The van der Waals surface area contributed by atoms with E-state index in [1.165, 1.54) is 7.11 Å². The number of hydrogen-bond donors (Lipinski definition) is 0. The zero-order valence-electron chi connectivity index (χ0n) is 11.5. The van der Waals surface area contributed by atoms with Gasteiger partial charge in [-0.05, 0) is 29.3 Å². The van der Waals surface area contributed by atoms with Gasteiger partial charge in [0.25, 0.3) is 0 Å². The molecule has 0 aliphatic rings. The largest absolute Gasteiger partial charge is 0.495 e. The van der Waals surface area contributed by atoms with Gasteiger partial charge in [-0.2, -0.15) is 5.26 Å². The quantitative estimate of drug-likeness (QED) is 0.845. The molecule has 0 aromatic heterocycles. The number of halogens is 1. The molecule has 0 heterocycles. The molecule has 0 amide bonds. The monoisotopic (exact) mass is 319 g/mol. The lowest BCUT2D eigenvalue weighted by atomic mass is 10.1. The van der Waals surface area contributed by atoms with Gasteiger partial charge in [-0.3, -0.25) is 4.21 Å². The second kappa shape index (κ2) is 7.26. The molecule has 0 saturated heterocycles. The Hall–Kier alpha value is -1.83. The van der Waals surface area contributed by atoms with E-state index >= 15 is 0 Å². The zero-order chi connectivity index (χ0) is 15.2. The third kappa shape index (κ3) is 4.07. The highest BCUT2D eigenvalue weighted by atomic mass is 35.5. The van der Waals surface area contributed by atoms with Crippen LogP contribution in [-0.4, -0.2) is 11.3 Å². The van der Waals surface area contributed by atoms with Crippen LogP contribution in [-0.2, 0) is 22.3 Å². The van der Waals surface area contributed by atoms with E-state index in [1.807, 2.05) is 18.2 Å². The van der Waals surface area contributed by atoms with E-state index in [9.17, 15) is 4.21 Å². The van der Waals surface area contributed by atoms with Crippen LogP contribution >= 0.6 is 11.6 Å². The second-order valence-corrected chi connectivity index (χ2v) is 6.33. The Kier molecular flexibility index (Phi) is 5.38. The molecule has 0 N–H and O–H groups in total. The zero-order valence-corrected chi connectivity index (χ0v) is 13.1. The molecule has 5 heteroatoms. The molecular formula is C16H14ClNO2S. The van der Waals surface area contributed by atoms with Crippen LogP contribution in [0.5, 0.6) is 5.75 Å². The van der Waals surface area contributed by atoms with Crippen LogP contribution in [0.15, 0.2) is 42.5 Å². The second-order valence-electron chi connectivity index (χ2n) is 4.47. The van der Waals surface area contributed by atoms with Gasteiger partial charge in [-0.25, -0.2) is 0 Å². The van der Waals surface area contributed by atoms with Crippen LogP contribution < -0.4 is 4.74 Å². The number of hydrogen-bond acceptors (Lipinski definition) is 3. The van der Waals surface area contributed by atoms with Crippen LogP contribution in [0.2, 0.25) is 5.02 Å². The smallest absolute Gasteiger partial charge is 0.136 e. The van der Waals surface area contributed by atoms with Gasteiger partial charge in [0, 0.05) is 21.6 Å². The molecule has 2 rings (SSSR count). The normalized spacial score (nSPS) is 11.7. The predicted octanol–water partition coefficient (Wildman–Crippen LogP) is 3.67. The number of nitrogens with zero attached hydrogens (tertiary/aromatic N) is 1. The van der Waals surface area contributed by atoms with Gasteiger partial charge < -0.3 is 4.74 Å². The minimum Gasteiger partial charge on any atom is -0.495 e. The van der Waals surface area contributed by atoms with E-state index in [-0.39, 0.29) is 0 Å². The minimum atomic E-state index is -1.07. The van der Waals surface area contributed by atoms with E-state index < -0.39 is 10.8 Å². The standard InChI is InChI=1S/C16H14ClNO2S/c1-20-16-8-12(6-7-13(16)9-18)10-21(19)11-14-4-2-3-5-15(14)17/h2-8H,10-11H2,1H3. The van der Waals surface area contributed by atoms with Gasteiger partial charge in [0.15, 0.2) is 0 Å². The van der Waals surface area contributed by atoms with Crippen LogP contribution in [0.25, 0.3) is 0 Å². The van der Waals surface area contributed by atoms with E-state index in [0.717, 1.165) is 11.1 Å².